The molecule has 1 aromatic heterocycles. The van der Waals surface area contributed by atoms with Crippen LogP contribution < -0.4 is 5.32 Å². The summed E-state index contributed by atoms with van der Waals surface area (Å²) in [6, 6.07) is 6.55. The Bertz CT molecular complexity index is 1070. The zero-order valence-electron chi connectivity index (χ0n) is 17.0. The number of sulfone groups is 1. The van der Waals surface area contributed by atoms with Gasteiger partial charge in [-0.3, -0.25) is 10.1 Å². The lowest BCUT2D eigenvalue weighted by Gasteiger charge is -2.12. The Balaban J connectivity index is 1.58. The van der Waals surface area contributed by atoms with Crippen LogP contribution in [0.5, 0.6) is 0 Å². The molecule has 2 aromatic rings. The van der Waals surface area contributed by atoms with Gasteiger partial charge in [0.25, 0.3) is 5.91 Å². The minimum atomic E-state index is -3.28. The van der Waals surface area contributed by atoms with Gasteiger partial charge >= 0.3 is 0 Å². The van der Waals surface area contributed by atoms with Crippen LogP contribution in [-0.4, -0.2) is 41.4 Å². The van der Waals surface area contributed by atoms with Gasteiger partial charge in [0.05, 0.1) is 22.4 Å². The first-order chi connectivity index (χ1) is 14.9. The summed E-state index contributed by atoms with van der Waals surface area (Å²) >= 11 is 1.17. The molecule has 0 aliphatic heterocycles. The molecule has 4 rings (SSSR count). The van der Waals surface area contributed by atoms with E-state index in [-0.39, 0.29) is 11.2 Å². The molecule has 0 radical (unpaired) electrons. The topological polar surface area (TPSA) is 117 Å². The van der Waals surface area contributed by atoms with Crippen molar-refractivity contribution in [2.75, 3.05) is 11.9 Å². The van der Waals surface area contributed by atoms with Crippen LogP contribution in [0, 0.1) is 5.92 Å². The van der Waals surface area contributed by atoms with E-state index in [1.807, 2.05) is 6.08 Å². The third kappa shape index (κ3) is 5.06. The van der Waals surface area contributed by atoms with Crippen LogP contribution in [0.4, 0.5) is 5.13 Å². The molecular weight excluding hydrogens is 436 g/mol. The van der Waals surface area contributed by atoms with Gasteiger partial charge in [-0.05, 0) is 49.3 Å². The zero-order chi connectivity index (χ0) is 22.0. The molecule has 166 valence electrons. The number of anilines is 1. The largest absolute Gasteiger partial charge is 0.393 e. The van der Waals surface area contributed by atoms with Crippen molar-refractivity contribution < 1.29 is 23.4 Å². The van der Waals surface area contributed by atoms with Crippen molar-refractivity contribution in [1.82, 2.24) is 4.98 Å². The van der Waals surface area contributed by atoms with E-state index in [4.69, 9.17) is 5.11 Å². The average molecular weight is 463 g/mol. The zero-order valence-corrected chi connectivity index (χ0v) is 18.7. The molecule has 1 heterocycles. The van der Waals surface area contributed by atoms with Crippen molar-refractivity contribution in [3.8, 4) is 0 Å². The van der Waals surface area contributed by atoms with Crippen molar-refractivity contribution in [3.63, 3.8) is 0 Å². The number of amides is 1. The number of carbonyl (C=O) groups is 1. The van der Waals surface area contributed by atoms with E-state index >= 15 is 0 Å². The van der Waals surface area contributed by atoms with Crippen LogP contribution in [0.3, 0.4) is 0 Å². The summed E-state index contributed by atoms with van der Waals surface area (Å²) in [7, 11) is -3.28. The second-order valence-corrected chi connectivity index (χ2v) is 11.2. The number of aliphatic hydroxyl groups excluding tert-OH is 2. The second kappa shape index (κ2) is 9.20. The number of hydrogen-bond acceptors (Lipinski definition) is 7. The molecule has 1 amide bonds. The van der Waals surface area contributed by atoms with E-state index in [0.29, 0.717) is 45.6 Å². The Morgan fingerprint density at radius 2 is 1.87 bits per heavy atom. The number of benzene rings is 1. The summed E-state index contributed by atoms with van der Waals surface area (Å²) in [6.07, 6.45) is 6.61. The van der Waals surface area contributed by atoms with Crippen molar-refractivity contribution in [2.24, 2.45) is 5.92 Å². The molecule has 7 nitrogen and oxygen atoms in total. The Labute approximate surface area is 185 Å². The van der Waals surface area contributed by atoms with Crippen LogP contribution >= 0.6 is 11.3 Å². The molecule has 2 fully saturated rings. The van der Waals surface area contributed by atoms with Gasteiger partial charge in [0.1, 0.15) is 6.10 Å². The smallest absolute Gasteiger partial charge is 0.257 e. The van der Waals surface area contributed by atoms with Gasteiger partial charge in [-0.25, -0.2) is 13.4 Å². The Hall–Kier alpha value is -2.07. The van der Waals surface area contributed by atoms with E-state index in [1.54, 1.807) is 29.6 Å². The van der Waals surface area contributed by atoms with E-state index < -0.39 is 22.5 Å². The van der Waals surface area contributed by atoms with E-state index in [1.165, 1.54) is 11.3 Å². The third-order valence-corrected chi connectivity index (χ3v) is 8.81. The summed E-state index contributed by atoms with van der Waals surface area (Å²) in [5, 5.41) is 23.2. The minimum absolute atomic E-state index is 0.275. The molecule has 0 saturated heterocycles. The van der Waals surface area contributed by atoms with Crippen molar-refractivity contribution in [1.29, 1.82) is 0 Å². The van der Waals surface area contributed by atoms with Gasteiger partial charge < -0.3 is 10.2 Å². The maximum atomic E-state index is 13.1. The van der Waals surface area contributed by atoms with Crippen LogP contribution in [0.2, 0.25) is 0 Å². The molecule has 3 N–H and O–H groups in total. The number of hydrogen-bond donors (Lipinski definition) is 3. The molecule has 2 aliphatic carbocycles. The lowest BCUT2D eigenvalue weighted by Crippen LogP contribution is -2.15. The van der Waals surface area contributed by atoms with Crippen LogP contribution in [0.15, 0.2) is 40.6 Å². The first-order valence-electron chi connectivity index (χ1n) is 10.5. The lowest BCUT2D eigenvalue weighted by atomic mass is 9.98. The second-order valence-electron chi connectivity index (χ2n) is 8.12. The number of nitrogens with zero attached hydrogens (tertiary/aromatic N) is 1. The molecule has 2 saturated carbocycles. The van der Waals surface area contributed by atoms with Crippen molar-refractivity contribution in [3.05, 3.63) is 47.0 Å². The van der Waals surface area contributed by atoms with Gasteiger partial charge in [-0.2, -0.15) is 0 Å². The number of carbonyl (C=O) groups excluding carboxylic acids is 1. The van der Waals surface area contributed by atoms with Gasteiger partial charge in [0, 0.05) is 11.0 Å². The van der Waals surface area contributed by atoms with Gasteiger partial charge in [-0.15, -0.1) is 11.3 Å². The SMILES string of the molecule is O=C(Nc1nc([C@@H](O)CO)cs1)C(=CC1CCCC1)c1ccc(S(=O)(=O)C2CC2)cc1. The predicted molar refractivity (Wildman–Crippen MR) is 119 cm³/mol. The van der Waals surface area contributed by atoms with Crippen LogP contribution in [0.1, 0.15) is 55.9 Å². The quantitative estimate of drug-likeness (QED) is 0.518. The lowest BCUT2D eigenvalue weighted by molar-refractivity contribution is -0.111. The predicted octanol–water partition coefficient (Wildman–Crippen LogP) is 3.32. The van der Waals surface area contributed by atoms with Gasteiger partial charge in [0.2, 0.25) is 0 Å². The summed E-state index contributed by atoms with van der Waals surface area (Å²) in [5.74, 6) is -0.0252. The molecule has 9 heteroatoms. The highest BCUT2D eigenvalue weighted by molar-refractivity contribution is 7.92. The van der Waals surface area contributed by atoms with Crippen molar-refractivity contribution >= 4 is 37.8 Å². The normalized spacial score (nSPS) is 18.8. The fourth-order valence-electron chi connectivity index (χ4n) is 3.81. The summed E-state index contributed by atoms with van der Waals surface area (Å²) in [6.45, 7) is -0.444. The Kier molecular flexibility index (Phi) is 6.57. The number of aromatic nitrogens is 1. The van der Waals surface area contributed by atoms with Gasteiger partial charge in [0.15, 0.2) is 15.0 Å². The first kappa shape index (κ1) is 22.1. The molecule has 31 heavy (non-hydrogen) atoms. The molecular formula is C22H26N2O5S2. The third-order valence-electron chi connectivity index (χ3n) is 5.76. The minimum Gasteiger partial charge on any atom is -0.393 e. The van der Waals surface area contributed by atoms with Crippen LogP contribution in [-0.2, 0) is 14.6 Å². The number of nitrogens with one attached hydrogen (secondary N) is 1. The van der Waals surface area contributed by atoms with E-state index in [0.717, 1.165) is 25.7 Å². The van der Waals surface area contributed by atoms with Gasteiger partial charge in [-0.1, -0.05) is 31.1 Å². The molecule has 0 unspecified atom stereocenters. The fraction of sp³-hybridized carbons (Fsp3) is 0.455. The maximum absolute atomic E-state index is 13.1. The molecule has 1 aromatic carbocycles. The molecule has 1 atom stereocenters. The van der Waals surface area contributed by atoms with Crippen LogP contribution in [0.25, 0.3) is 5.57 Å². The molecule has 0 spiro atoms. The van der Waals surface area contributed by atoms with Crippen molar-refractivity contribution in [2.45, 2.75) is 54.8 Å². The number of aliphatic hydroxyl groups is 2. The monoisotopic (exact) mass is 462 g/mol. The summed E-state index contributed by atoms with van der Waals surface area (Å²) < 4.78 is 24.9. The first-order valence-corrected chi connectivity index (χ1v) is 12.9. The fourth-order valence-corrected chi connectivity index (χ4v) is 6.22. The van der Waals surface area contributed by atoms with E-state index in [9.17, 15) is 18.3 Å². The highest BCUT2D eigenvalue weighted by Crippen LogP contribution is 2.35. The number of rotatable bonds is 8. The highest BCUT2D eigenvalue weighted by atomic mass is 32.2. The average Bonchev–Trinajstić information content (AvgIpc) is 3.33. The maximum Gasteiger partial charge on any atom is 0.257 e. The Morgan fingerprint density at radius 1 is 1.19 bits per heavy atom. The Morgan fingerprint density at radius 3 is 2.48 bits per heavy atom. The standard InChI is InChI=1S/C22H26N2O5S2/c25-12-20(26)19-13-30-22(23-19)24-21(27)18(11-14-3-1-2-4-14)15-5-7-16(8-6-15)31(28,29)17-9-10-17/h5-8,11,13-14,17,20,25-26H,1-4,9-10,12H2,(H,23,24,27)/t20-/m0/s1. The molecule has 0 bridgehead atoms. The summed E-state index contributed by atoms with van der Waals surface area (Å²) in [5.41, 5.74) is 1.45. The summed E-state index contributed by atoms with van der Waals surface area (Å²) in [4.78, 5) is 17.6. The number of thiazole rings is 1. The highest BCUT2D eigenvalue weighted by Gasteiger charge is 2.36. The number of allylic oxidation sites excluding steroid dienone is 1. The van der Waals surface area contributed by atoms with E-state index in [2.05, 4.69) is 10.3 Å². The molecule has 2 aliphatic rings.